The summed E-state index contributed by atoms with van der Waals surface area (Å²) < 4.78 is 5.90. The molecule has 1 atom stereocenters. The Balaban J connectivity index is 1.42. The standard InChI is InChI=1S/C21H26N2O2/c1-17-8-5-6-11-19(17)21(24)22-12-7-13-23-14-15-25-20(16-23)18-9-3-2-4-10-18/h2-6,8-11,20H,7,12-16H2,1H3,(H,22,24)/t20-/m0/s1. The van der Waals surface area contributed by atoms with Crippen molar-refractivity contribution in [2.24, 2.45) is 0 Å². The van der Waals surface area contributed by atoms with Gasteiger partial charge >= 0.3 is 0 Å². The molecule has 2 aromatic rings. The van der Waals surface area contributed by atoms with E-state index in [1.807, 2.05) is 37.3 Å². The molecule has 1 heterocycles. The molecule has 0 unspecified atom stereocenters. The van der Waals surface area contributed by atoms with Crippen molar-refractivity contribution in [3.63, 3.8) is 0 Å². The molecule has 1 N–H and O–H groups in total. The summed E-state index contributed by atoms with van der Waals surface area (Å²) in [5.74, 6) is 0.0160. The normalized spacial score (nSPS) is 18.0. The zero-order valence-corrected chi connectivity index (χ0v) is 14.8. The van der Waals surface area contributed by atoms with Gasteiger partial charge in [-0.05, 0) is 30.5 Å². The average molecular weight is 338 g/mol. The van der Waals surface area contributed by atoms with Crippen LogP contribution in [0.1, 0.15) is 34.0 Å². The van der Waals surface area contributed by atoms with E-state index in [4.69, 9.17) is 4.74 Å². The van der Waals surface area contributed by atoms with Gasteiger partial charge in [0.1, 0.15) is 0 Å². The molecule has 1 aliphatic heterocycles. The van der Waals surface area contributed by atoms with Gasteiger partial charge in [0.05, 0.1) is 12.7 Å². The van der Waals surface area contributed by atoms with Gasteiger partial charge in [0.25, 0.3) is 5.91 Å². The summed E-state index contributed by atoms with van der Waals surface area (Å²) >= 11 is 0. The molecule has 1 saturated heterocycles. The zero-order chi connectivity index (χ0) is 17.5. The van der Waals surface area contributed by atoms with Crippen LogP contribution >= 0.6 is 0 Å². The summed E-state index contributed by atoms with van der Waals surface area (Å²) in [5, 5.41) is 3.03. The quantitative estimate of drug-likeness (QED) is 0.823. The fraction of sp³-hybridized carbons (Fsp3) is 0.381. The molecule has 25 heavy (non-hydrogen) atoms. The van der Waals surface area contributed by atoms with E-state index in [0.717, 1.165) is 43.8 Å². The maximum Gasteiger partial charge on any atom is 0.251 e. The van der Waals surface area contributed by atoms with E-state index in [1.165, 1.54) is 5.56 Å². The van der Waals surface area contributed by atoms with Crippen LogP contribution in [0.15, 0.2) is 54.6 Å². The first-order valence-electron chi connectivity index (χ1n) is 8.97. The second-order valence-corrected chi connectivity index (χ2v) is 6.50. The van der Waals surface area contributed by atoms with E-state index in [1.54, 1.807) is 0 Å². The van der Waals surface area contributed by atoms with E-state index < -0.39 is 0 Å². The van der Waals surface area contributed by atoms with E-state index in [-0.39, 0.29) is 12.0 Å². The Labute approximate surface area is 149 Å². The number of carbonyl (C=O) groups excluding carboxylic acids is 1. The van der Waals surface area contributed by atoms with Gasteiger partial charge in [-0.1, -0.05) is 48.5 Å². The van der Waals surface area contributed by atoms with Crippen molar-refractivity contribution in [2.75, 3.05) is 32.8 Å². The van der Waals surface area contributed by atoms with Crippen LogP contribution in [-0.4, -0.2) is 43.6 Å². The van der Waals surface area contributed by atoms with Crippen LogP contribution in [0.4, 0.5) is 0 Å². The minimum absolute atomic E-state index is 0.0160. The minimum Gasteiger partial charge on any atom is -0.371 e. The maximum atomic E-state index is 12.2. The molecule has 0 radical (unpaired) electrons. The summed E-state index contributed by atoms with van der Waals surface area (Å²) in [5.41, 5.74) is 3.01. The second kappa shape index (κ2) is 8.79. The first kappa shape index (κ1) is 17.6. The molecule has 0 saturated carbocycles. The number of carbonyl (C=O) groups is 1. The van der Waals surface area contributed by atoms with Gasteiger partial charge in [-0.15, -0.1) is 0 Å². The van der Waals surface area contributed by atoms with Crippen LogP contribution in [0.5, 0.6) is 0 Å². The Morgan fingerprint density at radius 3 is 2.72 bits per heavy atom. The maximum absolute atomic E-state index is 12.2. The van der Waals surface area contributed by atoms with Gasteiger partial charge in [-0.25, -0.2) is 0 Å². The van der Waals surface area contributed by atoms with Crippen molar-refractivity contribution in [2.45, 2.75) is 19.4 Å². The molecule has 0 aliphatic carbocycles. The third-order valence-corrected chi connectivity index (χ3v) is 4.65. The molecule has 132 valence electrons. The summed E-state index contributed by atoms with van der Waals surface area (Å²) in [6.07, 6.45) is 1.09. The molecule has 1 amide bonds. The molecule has 0 bridgehead atoms. The number of nitrogens with zero attached hydrogens (tertiary/aromatic N) is 1. The number of benzene rings is 2. The number of ether oxygens (including phenoxy) is 1. The van der Waals surface area contributed by atoms with Gasteiger partial charge in [-0.3, -0.25) is 9.69 Å². The van der Waals surface area contributed by atoms with Gasteiger partial charge in [-0.2, -0.15) is 0 Å². The van der Waals surface area contributed by atoms with Crippen molar-refractivity contribution < 1.29 is 9.53 Å². The van der Waals surface area contributed by atoms with Gasteiger partial charge in [0, 0.05) is 31.7 Å². The lowest BCUT2D eigenvalue weighted by Crippen LogP contribution is -2.39. The van der Waals surface area contributed by atoms with Crippen molar-refractivity contribution in [1.29, 1.82) is 0 Å². The fourth-order valence-electron chi connectivity index (χ4n) is 3.20. The molecule has 2 aromatic carbocycles. The van der Waals surface area contributed by atoms with Crippen LogP contribution < -0.4 is 5.32 Å². The first-order chi connectivity index (χ1) is 12.2. The lowest BCUT2D eigenvalue weighted by Gasteiger charge is -2.33. The highest BCUT2D eigenvalue weighted by atomic mass is 16.5. The molecule has 3 rings (SSSR count). The van der Waals surface area contributed by atoms with E-state index in [9.17, 15) is 4.79 Å². The fourth-order valence-corrected chi connectivity index (χ4v) is 3.20. The number of rotatable bonds is 6. The Morgan fingerprint density at radius 2 is 1.92 bits per heavy atom. The molecule has 1 fully saturated rings. The first-order valence-corrected chi connectivity index (χ1v) is 8.97. The van der Waals surface area contributed by atoms with Crippen LogP contribution in [0.2, 0.25) is 0 Å². The minimum atomic E-state index is 0.0160. The van der Waals surface area contributed by atoms with Crippen LogP contribution in [0.3, 0.4) is 0 Å². The Bertz CT molecular complexity index is 687. The Hall–Kier alpha value is -2.17. The van der Waals surface area contributed by atoms with Crippen LogP contribution in [-0.2, 0) is 4.74 Å². The second-order valence-electron chi connectivity index (χ2n) is 6.50. The average Bonchev–Trinajstić information content (AvgIpc) is 2.66. The summed E-state index contributed by atoms with van der Waals surface area (Å²) in [6.45, 7) is 6.26. The van der Waals surface area contributed by atoms with E-state index in [0.29, 0.717) is 6.54 Å². The monoisotopic (exact) mass is 338 g/mol. The third-order valence-electron chi connectivity index (χ3n) is 4.65. The molecular formula is C21H26N2O2. The number of hydrogen-bond donors (Lipinski definition) is 1. The SMILES string of the molecule is Cc1ccccc1C(=O)NCCCN1CCO[C@H](c2ccccc2)C1. The van der Waals surface area contributed by atoms with Gasteiger partial charge in [0.15, 0.2) is 0 Å². The summed E-state index contributed by atoms with van der Waals surface area (Å²) in [7, 11) is 0. The van der Waals surface area contributed by atoms with Gasteiger partial charge < -0.3 is 10.1 Å². The third kappa shape index (κ3) is 4.91. The topological polar surface area (TPSA) is 41.6 Å². The smallest absolute Gasteiger partial charge is 0.251 e. The highest BCUT2D eigenvalue weighted by molar-refractivity contribution is 5.95. The highest BCUT2D eigenvalue weighted by Crippen LogP contribution is 2.21. The molecule has 0 aromatic heterocycles. The van der Waals surface area contributed by atoms with Crippen molar-refractivity contribution >= 4 is 5.91 Å². The molecule has 4 nitrogen and oxygen atoms in total. The zero-order valence-electron chi connectivity index (χ0n) is 14.8. The number of morpholine rings is 1. The number of aryl methyl sites for hydroxylation is 1. The summed E-state index contributed by atoms with van der Waals surface area (Å²) in [6, 6.07) is 18.1. The van der Waals surface area contributed by atoms with E-state index in [2.05, 4.69) is 34.5 Å². The number of amides is 1. The molecule has 0 spiro atoms. The molecule has 1 aliphatic rings. The van der Waals surface area contributed by atoms with Crippen molar-refractivity contribution in [1.82, 2.24) is 10.2 Å². The van der Waals surface area contributed by atoms with Crippen LogP contribution in [0.25, 0.3) is 0 Å². The predicted octanol–water partition coefficient (Wildman–Crippen LogP) is 3.19. The Morgan fingerprint density at radius 1 is 1.16 bits per heavy atom. The van der Waals surface area contributed by atoms with Crippen LogP contribution in [0, 0.1) is 6.92 Å². The predicted molar refractivity (Wildman–Crippen MR) is 99.7 cm³/mol. The highest BCUT2D eigenvalue weighted by Gasteiger charge is 2.21. The lowest BCUT2D eigenvalue weighted by molar-refractivity contribution is -0.0301. The van der Waals surface area contributed by atoms with Crippen molar-refractivity contribution in [3.05, 3.63) is 71.3 Å². The largest absolute Gasteiger partial charge is 0.371 e. The van der Waals surface area contributed by atoms with Crippen molar-refractivity contribution in [3.8, 4) is 0 Å². The Kier molecular flexibility index (Phi) is 6.20. The summed E-state index contributed by atoms with van der Waals surface area (Å²) in [4.78, 5) is 14.6. The molecule has 4 heteroatoms. The lowest BCUT2D eigenvalue weighted by atomic mass is 10.1. The number of nitrogens with one attached hydrogen (secondary N) is 1. The molecular weight excluding hydrogens is 312 g/mol. The number of hydrogen-bond acceptors (Lipinski definition) is 3. The van der Waals surface area contributed by atoms with Gasteiger partial charge in [0.2, 0.25) is 0 Å². The van der Waals surface area contributed by atoms with E-state index >= 15 is 0 Å².